The van der Waals surface area contributed by atoms with Gasteiger partial charge in [0, 0.05) is 6.92 Å². The zero-order valence-corrected chi connectivity index (χ0v) is 11.7. The van der Waals surface area contributed by atoms with Crippen LogP contribution in [0.1, 0.15) is 17.3 Å². The van der Waals surface area contributed by atoms with Crippen molar-refractivity contribution in [1.29, 1.82) is 0 Å². The van der Waals surface area contributed by atoms with E-state index in [0.717, 1.165) is 12.5 Å². The zero-order chi connectivity index (χ0) is 10.3. The van der Waals surface area contributed by atoms with Gasteiger partial charge in [0.05, 0.1) is 0 Å². The summed E-state index contributed by atoms with van der Waals surface area (Å²) in [5.41, 5.74) is 0.850. The van der Waals surface area contributed by atoms with E-state index < -0.39 is 5.97 Å². The molecular weight excluding hydrogens is 360 g/mol. The molecule has 1 N–H and O–H groups in total. The molecule has 0 saturated carbocycles. The summed E-state index contributed by atoms with van der Waals surface area (Å²) in [5.74, 6) is -0.833. The van der Waals surface area contributed by atoms with E-state index in [1.165, 1.54) is 0 Å². The fourth-order valence-electron chi connectivity index (χ4n) is 0.602. The van der Waals surface area contributed by atoms with Gasteiger partial charge >= 0.3 is 69.8 Å². The number of aliphatic carboxylic acids is 1. The van der Waals surface area contributed by atoms with E-state index in [2.05, 4.69) is 0 Å². The van der Waals surface area contributed by atoms with Gasteiger partial charge in [-0.1, -0.05) is 0 Å². The molecule has 0 radical (unpaired) electrons. The van der Waals surface area contributed by atoms with Crippen LogP contribution < -0.4 is 0 Å². The summed E-state index contributed by atoms with van der Waals surface area (Å²) in [5, 5.41) is 7.42. The van der Waals surface area contributed by atoms with Gasteiger partial charge in [-0.25, -0.2) is 0 Å². The number of carbonyl (C=O) groups is 2. The first kappa shape index (κ1) is 12.3. The second-order valence-electron chi connectivity index (χ2n) is 2.25. The fourth-order valence-corrected chi connectivity index (χ4v) is 1.35. The summed E-state index contributed by atoms with van der Waals surface area (Å²) in [6, 6.07) is 9.38. The summed E-state index contributed by atoms with van der Waals surface area (Å²) >= 11 is 0.428. The van der Waals surface area contributed by atoms with Gasteiger partial charge < -0.3 is 5.11 Å². The molecule has 0 heterocycles. The van der Waals surface area contributed by atoms with Crippen LogP contribution in [-0.2, 0) is 4.79 Å². The van der Waals surface area contributed by atoms with Crippen LogP contribution in [0.25, 0.3) is 0 Å². The molecule has 0 unspecified atom stereocenters. The monoisotopic (exact) mass is 370 g/mol. The number of benzene rings is 1. The van der Waals surface area contributed by atoms with Gasteiger partial charge in [-0.2, -0.15) is 0 Å². The topological polar surface area (TPSA) is 54.4 Å². The standard InChI is InChI=1S/C7H5O.C2H4O2.Tl/c8-6-7-4-2-1-3-5-7;1-2(3)4;/h1-5H;1H3,(H,3,4);. The van der Waals surface area contributed by atoms with Crippen molar-refractivity contribution in [3.05, 3.63) is 35.9 Å². The van der Waals surface area contributed by atoms with E-state index in [9.17, 15) is 4.79 Å². The molecule has 0 atom stereocenters. The number of carboxylic acid groups (broad SMARTS) is 1. The SMILES string of the molecule is CC(=O)O.O=[C]([Tl])c1ccccc1. The van der Waals surface area contributed by atoms with Crippen molar-refractivity contribution in [1.82, 2.24) is 0 Å². The third-order valence-electron chi connectivity index (χ3n) is 1.06. The van der Waals surface area contributed by atoms with Crippen LogP contribution in [0.2, 0.25) is 0 Å². The summed E-state index contributed by atoms with van der Waals surface area (Å²) < 4.78 is 0.288. The van der Waals surface area contributed by atoms with Gasteiger partial charge in [-0.05, 0) is 0 Å². The van der Waals surface area contributed by atoms with Crippen molar-refractivity contribution >= 4 is 35.1 Å². The summed E-state index contributed by atoms with van der Waals surface area (Å²) in [7, 11) is 0. The van der Waals surface area contributed by atoms with Crippen molar-refractivity contribution in [2.24, 2.45) is 0 Å². The Labute approximate surface area is 92.5 Å². The summed E-state index contributed by atoms with van der Waals surface area (Å²) in [4.78, 5) is 19.7. The van der Waals surface area contributed by atoms with Gasteiger partial charge in [-0.15, -0.1) is 0 Å². The Kier molecular flexibility index (Phi) is 6.39. The molecule has 0 spiro atoms. The summed E-state index contributed by atoms with van der Waals surface area (Å²) in [6.45, 7) is 1.08. The fraction of sp³-hybridized carbons (Fsp3) is 0.111. The molecular formula is C9H9O3Tl. The van der Waals surface area contributed by atoms with E-state index in [4.69, 9.17) is 9.90 Å². The van der Waals surface area contributed by atoms with Crippen molar-refractivity contribution in [2.45, 2.75) is 6.92 Å². The number of hydrogen-bond donors (Lipinski definition) is 1. The number of rotatable bonds is 1. The Morgan fingerprint density at radius 2 is 1.62 bits per heavy atom. The van der Waals surface area contributed by atoms with Crippen LogP contribution in [0.5, 0.6) is 0 Å². The Morgan fingerprint density at radius 1 is 1.23 bits per heavy atom. The Hall–Kier alpha value is -0.718. The van der Waals surface area contributed by atoms with Crippen molar-refractivity contribution in [2.75, 3.05) is 0 Å². The van der Waals surface area contributed by atoms with Crippen molar-refractivity contribution in [3.8, 4) is 0 Å². The first-order chi connectivity index (χ1) is 6.04. The predicted molar refractivity (Wildman–Crippen MR) is 49.8 cm³/mol. The van der Waals surface area contributed by atoms with Gasteiger partial charge in [0.2, 0.25) is 0 Å². The predicted octanol–water partition coefficient (Wildman–Crippen LogP) is 1.09. The Morgan fingerprint density at radius 3 is 1.85 bits per heavy atom. The van der Waals surface area contributed by atoms with Crippen LogP contribution in [0, 0.1) is 0 Å². The molecule has 4 heteroatoms. The molecule has 0 saturated heterocycles. The second-order valence-corrected chi connectivity index (χ2v) is 4.29. The Balaban J connectivity index is 0.000000310. The van der Waals surface area contributed by atoms with Gasteiger partial charge in [0.1, 0.15) is 0 Å². The molecule has 0 aliphatic heterocycles. The zero-order valence-electron chi connectivity index (χ0n) is 7.23. The molecule has 1 aromatic carbocycles. The normalized spacial score (nSPS) is 8.00. The molecule has 1 aromatic rings. The third-order valence-corrected chi connectivity index (χ3v) is 2.35. The van der Waals surface area contributed by atoms with E-state index in [0.29, 0.717) is 25.8 Å². The van der Waals surface area contributed by atoms with Crippen molar-refractivity contribution in [3.63, 3.8) is 0 Å². The Bertz CT molecular complexity index is 278. The number of carbonyl (C=O) groups excluding carboxylic acids is 1. The minimum atomic E-state index is -0.833. The van der Waals surface area contributed by atoms with Crippen LogP contribution in [0.4, 0.5) is 0 Å². The van der Waals surface area contributed by atoms with Crippen LogP contribution in [0.15, 0.2) is 30.3 Å². The van der Waals surface area contributed by atoms with Crippen LogP contribution >= 0.6 is 0 Å². The molecule has 0 aliphatic carbocycles. The third kappa shape index (κ3) is 7.64. The second kappa shape index (κ2) is 6.76. The molecule has 3 nitrogen and oxygen atoms in total. The quantitative estimate of drug-likeness (QED) is 0.754. The maximum atomic E-state index is 10.7. The first-order valence-electron chi connectivity index (χ1n) is 3.58. The van der Waals surface area contributed by atoms with E-state index in [1.54, 1.807) is 0 Å². The summed E-state index contributed by atoms with van der Waals surface area (Å²) in [6.07, 6.45) is 0. The molecule has 0 bridgehead atoms. The first-order valence-corrected chi connectivity index (χ1v) is 5.83. The molecule has 0 amide bonds. The van der Waals surface area contributed by atoms with E-state index in [-0.39, 0.29) is 3.34 Å². The molecule has 0 aromatic heterocycles. The van der Waals surface area contributed by atoms with Gasteiger partial charge in [-0.3, -0.25) is 4.79 Å². The molecule has 1 rings (SSSR count). The number of carboxylic acids is 1. The molecule has 66 valence electrons. The van der Waals surface area contributed by atoms with Crippen molar-refractivity contribution < 1.29 is 14.7 Å². The number of hydrogen-bond acceptors (Lipinski definition) is 2. The molecule has 13 heavy (non-hydrogen) atoms. The van der Waals surface area contributed by atoms with Gasteiger partial charge in [0.15, 0.2) is 0 Å². The van der Waals surface area contributed by atoms with E-state index >= 15 is 0 Å². The molecule has 0 aliphatic rings. The van der Waals surface area contributed by atoms with Gasteiger partial charge in [0.25, 0.3) is 5.97 Å². The van der Waals surface area contributed by atoms with E-state index in [1.807, 2.05) is 30.3 Å². The maximum absolute atomic E-state index is 10.7. The minimum absolute atomic E-state index is 0.288. The average Bonchev–Trinajstić information content (AvgIpc) is 2.05. The average molecular weight is 370 g/mol. The van der Waals surface area contributed by atoms with Crippen LogP contribution in [-0.4, -0.2) is 40.2 Å². The van der Waals surface area contributed by atoms with Crippen LogP contribution in [0.3, 0.4) is 0 Å². The molecule has 0 fully saturated rings.